The highest BCUT2D eigenvalue weighted by molar-refractivity contribution is 7.12. The molecule has 23 heavy (non-hydrogen) atoms. The molecule has 0 N–H and O–H groups in total. The molecule has 4 nitrogen and oxygen atoms in total. The van der Waals surface area contributed by atoms with Crippen molar-refractivity contribution in [1.29, 1.82) is 0 Å². The van der Waals surface area contributed by atoms with Crippen LogP contribution in [0.3, 0.4) is 0 Å². The van der Waals surface area contributed by atoms with Gasteiger partial charge in [-0.1, -0.05) is 0 Å². The van der Waals surface area contributed by atoms with Gasteiger partial charge in [0.25, 0.3) is 0 Å². The second kappa shape index (κ2) is 5.78. The maximum atomic E-state index is 12.9. The van der Waals surface area contributed by atoms with Crippen LogP contribution in [0.25, 0.3) is 0 Å². The van der Waals surface area contributed by atoms with E-state index in [1.165, 1.54) is 9.75 Å². The molecule has 0 unspecified atom stereocenters. The van der Waals surface area contributed by atoms with Crippen molar-refractivity contribution >= 4 is 17.2 Å². The van der Waals surface area contributed by atoms with E-state index in [-0.39, 0.29) is 5.92 Å². The number of hydrogen-bond donors (Lipinski definition) is 0. The molecule has 1 amide bonds. The Bertz CT molecular complexity index is 719. The molecular formula is C18H23N3OS. The van der Waals surface area contributed by atoms with Gasteiger partial charge in [0.05, 0.1) is 6.04 Å². The summed E-state index contributed by atoms with van der Waals surface area (Å²) in [5, 5.41) is 0. The van der Waals surface area contributed by atoms with Crippen LogP contribution in [0.15, 0.2) is 24.5 Å². The Balaban J connectivity index is 1.42. The number of amides is 1. The molecule has 2 aliphatic rings. The molecule has 0 spiro atoms. The number of carbonyl (C=O) groups is 1. The Morgan fingerprint density at radius 3 is 2.91 bits per heavy atom. The second-order valence-corrected chi connectivity index (χ2v) is 8.18. The molecule has 2 aromatic heterocycles. The fourth-order valence-corrected chi connectivity index (χ4v) is 4.88. The number of hydrogen-bond acceptors (Lipinski definition) is 3. The van der Waals surface area contributed by atoms with Crippen LogP contribution in [0, 0.1) is 19.8 Å². The number of likely N-dealkylation sites (tertiary alicyclic amines) is 1. The number of piperidine rings is 1. The van der Waals surface area contributed by atoms with E-state index in [9.17, 15) is 4.79 Å². The summed E-state index contributed by atoms with van der Waals surface area (Å²) in [4.78, 5) is 22.0. The highest BCUT2D eigenvalue weighted by atomic mass is 32.1. The van der Waals surface area contributed by atoms with Crippen LogP contribution in [-0.2, 0) is 4.79 Å². The molecular weight excluding hydrogens is 306 g/mol. The monoisotopic (exact) mass is 329 g/mol. The average Bonchev–Trinajstić information content (AvgIpc) is 3.05. The molecule has 4 rings (SSSR count). The molecule has 0 radical (unpaired) electrons. The van der Waals surface area contributed by atoms with Crippen molar-refractivity contribution in [2.45, 2.75) is 45.1 Å². The van der Waals surface area contributed by atoms with Crippen LogP contribution in [0.4, 0.5) is 0 Å². The van der Waals surface area contributed by atoms with E-state index in [0.29, 0.717) is 17.9 Å². The molecule has 1 aliphatic carbocycles. The van der Waals surface area contributed by atoms with Crippen molar-refractivity contribution in [3.63, 3.8) is 0 Å². The number of aromatic nitrogens is 2. The van der Waals surface area contributed by atoms with Gasteiger partial charge in [-0.25, -0.2) is 4.98 Å². The normalized spacial score (nSPS) is 27.2. The second-order valence-electron chi connectivity index (χ2n) is 6.86. The number of carbonyl (C=O) groups excluding carboxylic acids is 1. The molecule has 2 aromatic rings. The smallest absolute Gasteiger partial charge is 0.226 e. The Hall–Kier alpha value is -1.62. The lowest BCUT2D eigenvalue weighted by Gasteiger charge is -2.34. The van der Waals surface area contributed by atoms with Gasteiger partial charge in [0, 0.05) is 47.1 Å². The quantitative estimate of drug-likeness (QED) is 0.864. The molecule has 0 bridgehead atoms. The maximum Gasteiger partial charge on any atom is 0.226 e. The molecule has 3 heterocycles. The van der Waals surface area contributed by atoms with Gasteiger partial charge in [0.2, 0.25) is 5.91 Å². The topological polar surface area (TPSA) is 38.1 Å². The first-order valence-corrected chi connectivity index (χ1v) is 9.29. The summed E-state index contributed by atoms with van der Waals surface area (Å²) in [6.45, 7) is 5.92. The minimum atomic E-state index is 0.218. The molecule has 2 fully saturated rings. The Labute approximate surface area is 141 Å². The zero-order chi connectivity index (χ0) is 16.0. The van der Waals surface area contributed by atoms with Gasteiger partial charge >= 0.3 is 0 Å². The lowest BCUT2D eigenvalue weighted by molar-refractivity contribution is -0.134. The van der Waals surface area contributed by atoms with E-state index < -0.39 is 0 Å². The van der Waals surface area contributed by atoms with Gasteiger partial charge in [-0.05, 0) is 45.2 Å². The fourth-order valence-electron chi connectivity index (χ4n) is 3.83. The third-order valence-corrected chi connectivity index (χ3v) is 6.33. The minimum absolute atomic E-state index is 0.218. The van der Waals surface area contributed by atoms with Crippen molar-refractivity contribution in [2.75, 3.05) is 13.1 Å². The van der Waals surface area contributed by atoms with Gasteiger partial charge in [-0.15, -0.1) is 11.3 Å². The highest BCUT2D eigenvalue weighted by Crippen LogP contribution is 2.50. The summed E-state index contributed by atoms with van der Waals surface area (Å²) in [6, 6.07) is 4.75. The van der Waals surface area contributed by atoms with Gasteiger partial charge in [-0.2, -0.15) is 0 Å². The van der Waals surface area contributed by atoms with Crippen LogP contribution >= 0.6 is 11.3 Å². The summed E-state index contributed by atoms with van der Waals surface area (Å²) in [7, 11) is 0. The van der Waals surface area contributed by atoms with E-state index in [1.807, 2.05) is 30.7 Å². The third kappa shape index (κ3) is 2.82. The van der Waals surface area contributed by atoms with Gasteiger partial charge in [0.15, 0.2) is 0 Å². The van der Waals surface area contributed by atoms with E-state index in [1.54, 1.807) is 0 Å². The summed E-state index contributed by atoms with van der Waals surface area (Å²) >= 11 is 1.84. The van der Waals surface area contributed by atoms with Gasteiger partial charge < -0.3 is 9.47 Å². The molecule has 1 saturated heterocycles. The van der Waals surface area contributed by atoms with Crippen molar-refractivity contribution < 1.29 is 4.79 Å². The number of imidazole rings is 1. The predicted octanol–water partition coefficient (Wildman–Crippen LogP) is 3.53. The largest absolute Gasteiger partial charge is 0.340 e. The Kier molecular flexibility index (Phi) is 3.76. The molecule has 0 aromatic carbocycles. The summed E-state index contributed by atoms with van der Waals surface area (Å²) < 4.78 is 2.23. The number of rotatable bonds is 3. The first-order chi connectivity index (χ1) is 11.1. The lowest BCUT2D eigenvalue weighted by atomic mass is 10.0. The Morgan fingerprint density at radius 1 is 1.35 bits per heavy atom. The maximum absolute atomic E-state index is 12.9. The third-order valence-electron chi connectivity index (χ3n) is 5.20. The summed E-state index contributed by atoms with van der Waals surface area (Å²) in [5.41, 5.74) is 0. The predicted molar refractivity (Wildman–Crippen MR) is 91.7 cm³/mol. The van der Waals surface area contributed by atoms with Gasteiger partial charge in [0.1, 0.15) is 5.82 Å². The zero-order valence-electron chi connectivity index (χ0n) is 13.7. The van der Waals surface area contributed by atoms with Crippen molar-refractivity contribution in [3.05, 3.63) is 40.1 Å². The Morgan fingerprint density at radius 2 is 2.22 bits per heavy atom. The fraction of sp³-hybridized carbons (Fsp3) is 0.556. The highest BCUT2D eigenvalue weighted by Gasteiger charge is 2.47. The number of aryl methyl sites for hydroxylation is 2. The van der Waals surface area contributed by atoms with Crippen molar-refractivity contribution in [3.8, 4) is 0 Å². The van der Waals surface area contributed by atoms with Crippen LogP contribution < -0.4 is 0 Å². The SMILES string of the molecule is Cc1ccc([C@@H]2C[C@H]2C(=O)N2CCC[C@H](n3ccnc3C)C2)s1. The number of thiophene rings is 1. The van der Waals surface area contributed by atoms with E-state index >= 15 is 0 Å². The zero-order valence-corrected chi connectivity index (χ0v) is 14.6. The van der Waals surface area contributed by atoms with Gasteiger partial charge in [-0.3, -0.25) is 4.79 Å². The van der Waals surface area contributed by atoms with E-state index in [2.05, 4.69) is 33.5 Å². The van der Waals surface area contributed by atoms with Crippen molar-refractivity contribution in [1.82, 2.24) is 14.5 Å². The molecule has 1 saturated carbocycles. The average molecular weight is 329 g/mol. The minimum Gasteiger partial charge on any atom is -0.340 e. The molecule has 1 aliphatic heterocycles. The lowest BCUT2D eigenvalue weighted by Crippen LogP contribution is -2.41. The van der Waals surface area contributed by atoms with Crippen LogP contribution in [0.2, 0.25) is 0 Å². The summed E-state index contributed by atoms with van der Waals surface area (Å²) in [6.07, 6.45) is 7.15. The van der Waals surface area contributed by atoms with Crippen LogP contribution in [-0.4, -0.2) is 33.4 Å². The first kappa shape index (κ1) is 14.9. The standard InChI is InChI=1S/C18H23N3OS/c1-12-5-6-17(23-12)15-10-16(15)18(22)20-8-3-4-14(11-20)21-9-7-19-13(21)2/h5-7,9,14-16H,3-4,8,10-11H2,1-2H3/t14-,15+,16+/m0/s1. The molecule has 3 atom stereocenters. The van der Waals surface area contributed by atoms with Crippen LogP contribution in [0.1, 0.15) is 46.8 Å². The molecule has 5 heteroatoms. The molecule has 122 valence electrons. The van der Waals surface area contributed by atoms with Crippen molar-refractivity contribution in [2.24, 2.45) is 5.92 Å². The summed E-state index contributed by atoms with van der Waals surface area (Å²) in [5.74, 6) is 2.10. The van der Waals surface area contributed by atoms with Crippen LogP contribution in [0.5, 0.6) is 0 Å². The van der Waals surface area contributed by atoms with E-state index in [4.69, 9.17) is 0 Å². The number of nitrogens with zero attached hydrogens (tertiary/aromatic N) is 3. The van der Waals surface area contributed by atoms with E-state index in [0.717, 1.165) is 38.2 Å². The first-order valence-electron chi connectivity index (χ1n) is 8.48.